The van der Waals surface area contributed by atoms with Crippen LogP contribution in [0.4, 0.5) is 0 Å². The van der Waals surface area contributed by atoms with E-state index in [4.69, 9.17) is 4.74 Å². The highest BCUT2D eigenvalue weighted by Gasteiger charge is 2.16. The molecule has 1 aromatic heterocycles. The van der Waals surface area contributed by atoms with Crippen LogP contribution in [0, 0.1) is 0 Å². The van der Waals surface area contributed by atoms with Crippen molar-refractivity contribution in [1.82, 2.24) is 15.5 Å². The van der Waals surface area contributed by atoms with Crippen LogP contribution in [0.2, 0.25) is 0 Å². The van der Waals surface area contributed by atoms with Gasteiger partial charge in [0.15, 0.2) is 0 Å². The van der Waals surface area contributed by atoms with Crippen molar-refractivity contribution in [2.24, 2.45) is 0 Å². The van der Waals surface area contributed by atoms with E-state index >= 15 is 0 Å². The highest BCUT2D eigenvalue weighted by atomic mass is 16.5. The van der Waals surface area contributed by atoms with E-state index in [-0.39, 0.29) is 6.04 Å². The van der Waals surface area contributed by atoms with Gasteiger partial charge in [-0.1, -0.05) is 25.1 Å². The van der Waals surface area contributed by atoms with Crippen molar-refractivity contribution in [1.29, 1.82) is 0 Å². The molecule has 1 unspecified atom stereocenters. The third-order valence-electron chi connectivity index (χ3n) is 2.80. The number of benzene rings is 1. The first-order valence-electron chi connectivity index (χ1n) is 5.99. The monoisotopic (exact) mass is 243 g/mol. The summed E-state index contributed by atoms with van der Waals surface area (Å²) in [6.07, 6.45) is 3.48. The molecular formula is C14H17N3O. The normalized spacial score (nSPS) is 12.1. The van der Waals surface area contributed by atoms with Gasteiger partial charge in [-0.3, -0.25) is 0 Å². The molecule has 0 saturated carbocycles. The van der Waals surface area contributed by atoms with Crippen molar-refractivity contribution in [2.75, 3.05) is 13.7 Å². The minimum Gasteiger partial charge on any atom is -0.496 e. The molecule has 2 aromatic rings. The average molecular weight is 243 g/mol. The van der Waals surface area contributed by atoms with Crippen molar-refractivity contribution in [3.63, 3.8) is 0 Å². The Hall–Kier alpha value is -1.94. The molecule has 1 N–H and O–H groups in total. The van der Waals surface area contributed by atoms with E-state index in [0.717, 1.165) is 23.4 Å². The van der Waals surface area contributed by atoms with E-state index in [1.54, 1.807) is 19.5 Å². The number of methoxy groups -OCH3 is 1. The van der Waals surface area contributed by atoms with Crippen LogP contribution in [0.3, 0.4) is 0 Å². The fourth-order valence-electron chi connectivity index (χ4n) is 1.99. The van der Waals surface area contributed by atoms with Gasteiger partial charge >= 0.3 is 0 Å². The van der Waals surface area contributed by atoms with Crippen LogP contribution >= 0.6 is 0 Å². The van der Waals surface area contributed by atoms with Crippen LogP contribution in [0.25, 0.3) is 0 Å². The third-order valence-corrected chi connectivity index (χ3v) is 2.80. The zero-order valence-electron chi connectivity index (χ0n) is 10.6. The Morgan fingerprint density at radius 3 is 2.72 bits per heavy atom. The second-order valence-electron chi connectivity index (χ2n) is 3.91. The van der Waals surface area contributed by atoms with Gasteiger partial charge in [0.25, 0.3) is 0 Å². The van der Waals surface area contributed by atoms with Gasteiger partial charge in [0.05, 0.1) is 19.3 Å². The summed E-state index contributed by atoms with van der Waals surface area (Å²) >= 11 is 0. The maximum Gasteiger partial charge on any atom is 0.123 e. The topological polar surface area (TPSA) is 47.0 Å². The Bertz CT molecular complexity index is 487. The molecular weight excluding hydrogens is 226 g/mol. The van der Waals surface area contributed by atoms with Crippen molar-refractivity contribution >= 4 is 0 Å². The summed E-state index contributed by atoms with van der Waals surface area (Å²) in [5.41, 5.74) is 2.19. The van der Waals surface area contributed by atoms with Crippen molar-refractivity contribution in [3.05, 3.63) is 53.9 Å². The number of aromatic nitrogens is 2. The molecule has 0 fully saturated rings. The molecule has 0 saturated heterocycles. The summed E-state index contributed by atoms with van der Waals surface area (Å²) in [4.78, 5) is 0. The quantitative estimate of drug-likeness (QED) is 0.874. The Morgan fingerprint density at radius 1 is 1.22 bits per heavy atom. The molecule has 94 valence electrons. The van der Waals surface area contributed by atoms with Crippen LogP contribution in [0.5, 0.6) is 5.75 Å². The fourth-order valence-corrected chi connectivity index (χ4v) is 1.99. The summed E-state index contributed by atoms with van der Waals surface area (Å²) in [5.74, 6) is 0.875. The Kier molecular flexibility index (Phi) is 4.25. The summed E-state index contributed by atoms with van der Waals surface area (Å²) in [6, 6.07) is 10.0. The number of nitrogens with zero attached hydrogens (tertiary/aromatic N) is 2. The zero-order chi connectivity index (χ0) is 12.8. The lowest BCUT2D eigenvalue weighted by Crippen LogP contribution is -2.22. The van der Waals surface area contributed by atoms with Crippen LogP contribution < -0.4 is 10.1 Å². The lowest BCUT2D eigenvalue weighted by Gasteiger charge is -2.20. The number of para-hydroxylation sites is 1. The van der Waals surface area contributed by atoms with Gasteiger partial charge < -0.3 is 10.1 Å². The van der Waals surface area contributed by atoms with Gasteiger partial charge in [0.2, 0.25) is 0 Å². The van der Waals surface area contributed by atoms with Gasteiger partial charge in [0.1, 0.15) is 5.75 Å². The van der Waals surface area contributed by atoms with Gasteiger partial charge in [0, 0.05) is 11.8 Å². The summed E-state index contributed by atoms with van der Waals surface area (Å²) < 4.78 is 5.42. The number of hydrogen-bond acceptors (Lipinski definition) is 4. The first-order chi connectivity index (χ1) is 8.86. The van der Waals surface area contributed by atoms with Gasteiger partial charge in [-0.15, -0.1) is 0 Å². The van der Waals surface area contributed by atoms with E-state index in [9.17, 15) is 0 Å². The zero-order valence-corrected chi connectivity index (χ0v) is 10.6. The molecule has 4 nitrogen and oxygen atoms in total. The Balaban J connectivity index is 2.41. The van der Waals surface area contributed by atoms with Crippen molar-refractivity contribution < 1.29 is 4.74 Å². The summed E-state index contributed by atoms with van der Waals surface area (Å²) in [7, 11) is 1.69. The van der Waals surface area contributed by atoms with Crippen LogP contribution in [-0.4, -0.2) is 23.9 Å². The summed E-state index contributed by atoms with van der Waals surface area (Å²) in [6.45, 7) is 2.95. The average Bonchev–Trinajstić information content (AvgIpc) is 2.46. The van der Waals surface area contributed by atoms with Crippen LogP contribution in [0.1, 0.15) is 24.1 Å². The van der Waals surface area contributed by atoms with Gasteiger partial charge in [-0.2, -0.15) is 10.2 Å². The molecule has 1 aromatic carbocycles. The molecule has 4 heteroatoms. The number of hydrogen-bond donors (Lipinski definition) is 1. The van der Waals surface area contributed by atoms with Gasteiger partial charge in [-0.25, -0.2) is 0 Å². The maximum absolute atomic E-state index is 5.42. The van der Waals surface area contributed by atoms with Crippen molar-refractivity contribution in [3.8, 4) is 5.75 Å². The molecule has 18 heavy (non-hydrogen) atoms. The molecule has 0 aliphatic heterocycles. The second kappa shape index (κ2) is 6.12. The fraction of sp³-hybridized carbons (Fsp3) is 0.286. The van der Waals surface area contributed by atoms with Gasteiger partial charge in [-0.05, 0) is 24.2 Å². The Morgan fingerprint density at radius 2 is 2.06 bits per heavy atom. The molecule has 0 radical (unpaired) electrons. The second-order valence-corrected chi connectivity index (χ2v) is 3.91. The molecule has 0 aliphatic rings. The molecule has 2 rings (SSSR count). The molecule has 0 amide bonds. The Labute approximate surface area is 107 Å². The van der Waals surface area contributed by atoms with E-state index in [1.165, 1.54) is 0 Å². The minimum atomic E-state index is 0.0710. The highest BCUT2D eigenvalue weighted by Crippen LogP contribution is 2.29. The minimum absolute atomic E-state index is 0.0710. The SMILES string of the molecule is CCNC(c1ccnnc1)c1ccccc1OC. The van der Waals surface area contributed by atoms with E-state index in [0.29, 0.717) is 0 Å². The standard InChI is InChI=1S/C14H17N3O/c1-3-15-14(11-8-9-16-17-10-11)12-6-4-5-7-13(12)18-2/h4-10,14-15H,3H2,1-2H3. The number of ether oxygens (including phenoxy) is 1. The highest BCUT2D eigenvalue weighted by molar-refractivity contribution is 5.40. The predicted molar refractivity (Wildman–Crippen MR) is 70.5 cm³/mol. The maximum atomic E-state index is 5.42. The summed E-state index contributed by atoms with van der Waals surface area (Å²) in [5, 5.41) is 11.2. The predicted octanol–water partition coefficient (Wildman–Crippen LogP) is 2.18. The number of rotatable bonds is 5. The van der Waals surface area contributed by atoms with Crippen LogP contribution in [0.15, 0.2) is 42.7 Å². The first-order valence-corrected chi connectivity index (χ1v) is 5.99. The van der Waals surface area contributed by atoms with Crippen molar-refractivity contribution in [2.45, 2.75) is 13.0 Å². The van der Waals surface area contributed by atoms with E-state index < -0.39 is 0 Å². The molecule has 1 heterocycles. The molecule has 0 bridgehead atoms. The lowest BCUT2D eigenvalue weighted by molar-refractivity contribution is 0.404. The third kappa shape index (κ3) is 2.65. The first kappa shape index (κ1) is 12.5. The van der Waals surface area contributed by atoms with E-state index in [1.807, 2.05) is 24.3 Å². The molecule has 1 atom stereocenters. The molecule has 0 spiro atoms. The van der Waals surface area contributed by atoms with E-state index in [2.05, 4.69) is 28.5 Å². The van der Waals surface area contributed by atoms with Crippen LogP contribution in [-0.2, 0) is 0 Å². The lowest BCUT2D eigenvalue weighted by atomic mass is 9.99. The largest absolute Gasteiger partial charge is 0.496 e. The molecule has 0 aliphatic carbocycles. The smallest absolute Gasteiger partial charge is 0.123 e. The number of nitrogens with one attached hydrogen (secondary N) is 1.